The molecule has 0 aliphatic carbocycles. The first-order valence-electron chi connectivity index (χ1n) is 8.52. The molecule has 0 radical (unpaired) electrons. The van der Waals surface area contributed by atoms with Crippen LogP contribution >= 0.6 is 0 Å². The van der Waals surface area contributed by atoms with Crippen molar-refractivity contribution in [2.45, 2.75) is 26.3 Å². The number of hydrogen-bond donors (Lipinski definition) is 2. The first kappa shape index (κ1) is 16.3. The minimum Gasteiger partial charge on any atom is -0.453 e. The third kappa shape index (κ3) is 3.28. The Kier molecular flexibility index (Phi) is 4.35. The van der Waals surface area contributed by atoms with E-state index in [2.05, 4.69) is 25.9 Å². The Labute approximate surface area is 149 Å². The van der Waals surface area contributed by atoms with Crippen molar-refractivity contribution in [1.29, 1.82) is 0 Å². The quantitative estimate of drug-likeness (QED) is 0.541. The number of aryl methyl sites for hydroxylation is 1. The predicted octanol–water partition coefficient (Wildman–Crippen LogP) is 4.32. The number of furan rings is 1. The van der Waals surface area contributed by atoms with Gasteiger partial charge < -0.3 is 9.73 Å². The lowest BCUT2D eigenvalue weighted by atomic mass is 10.1. The summed E-state index contributed by atoms with van der Waals surface area (Å²) in [6.45, 7) is 2.63. The molecule has 2 N–H and O–H groups in total. The van der Waals surface area contributed by atoms with Gasteiger partial charge in [0, 0.05) is 17.6 Å². The van der Waals surface area contributed by atoms with Crippen LogP contribution in [0.25, 0.3) is 22.6 Å². The average molecular weight is 351 g/mol. The number of anilines is 1. The molecule has 6 nitrogen and oxygen atoms in total. The Hall–Kier alpha value is -3.22. The van der Waals surface area contributed by atoms with Gasteiger partial charge in [0.2, 0.25) is 5.82 Å². The van der Waals surface area contributed by atoms with E-state index in [4.69, 9.17) is 4.42 Å². The second-order valence-electron chi connectivity index (χ2n) is 6.14. The number of nitrogens with zero attached hydrogens (tertiary/aromatic N) is 3. The van der Waals surface area contributed by atoms with Gasteiger partial charge >= 0.3 is 0 Å². The van der Waals surface area contributed by atoms with Crippen molar-refractivity contribution >= 4 is 16.7 Å². The number of tetrazole rings is 1. The smallest absolute Gasteiger partial charge is 0.215 e. The molecule has 26 heavy (non-hydrogen) atoms. The molecule has 0 aliphatic heterocycles. The fourth-order valence-electron chi connectivity index (χ4n) is 2.92. The highest BCUT2D eigenvalue weighted by Crippen LogP contribution is 2.26. The summed E-state index contributed by atoms with van der Waals surface area (Å²) in [5, 5.41) is 17.9. The first-order chi connectivity index (χ1) is 12.7. The van der Waals surface area contributed by atoms with Crippen LogP contribution in [0.1, 0.15) is 24.5 Å². The molecule has 0 amide bonds. The van der Waals surface area contributed by atoms with E-state index in [9.17, 15) is 4.39 Å². The lowest BCUT2D eigenvalue weighted by molar-refractivity contribution is 0.608. The molecule has 0 saturated heterocycles. The van der Waals surface area contributed by atoms with E-state index in [0.29, 0.717) is 18.1 Å². The van der Waals surface area contributed by atoms with Crippen LogP contribution in [-0.2, 0) is 13.0 Å². The summed E-state index contributed by atoms with van der Waals surface area (Å²) in [4.78, 5) is 0. The third-order valence-corrected chi connectivity index (χ3v) is 4.23. The number of benzene rings is 2. The van der Waals surface area contributed by atoms with Crippen molar-refractivity contribution in [2.75, 3.05) is 5.32 Å². The highest BCUT2D eigenvalue weighted by atomic mass is 19.1. The van der Waals surface area contributed by atoms with Gasteiger partial charge in [-0.3, -0.25) is 0 Å². The van der Waals surface area contributed by atoms with Crippen LogP contribution in [0.5, 0.6) is 0 Å². The molecule has 0 saturated carbocycles. The fourth-order valence-corrected chi connectivity index (χ4v) is 2.92. The molecule has 4 aromatic rings. The van der Waals surface area contributed by atoms with E-state index in [1.807, 2.05) is 43.3 Å². The molecule has 7 heteroatoms. The number of hydrogen-bond acceptors (Lipinski definition) is 5. The van der Waals surface area contributed by atoms with Crippen molar-refractivity contribution in [2.24, 2.45) is 0 Å². The maximum atomic E-state index is 14.0. The largest absolute Gasteiger partial charge is 0.453 e. The lowest BCUT2D eigenvalue weighted by Gasteiger charge is -2.09. The third-order valence-electron chi connectivity index (χ3n) is 4.23. The number of aromatic nitrogens is 4. The van der Waals surface area contributed by atoms with Crippen molar-refractivity contribution in [3.05, 3.63) is 59.4 Å². The van der Waals surface area contributed by atoms with Crippen LogP contribution in [-0.4, -0.2) is 20.6 Å². The Morgan fingerprint density at radius 3 is 2.85 bits per heavy atom. The molecule has 2 aromatic carbocycles. The van der Waals surface area contributed by atoms with Gasteiger partial charge in [0.25, 0.3) is 0 Å². The molecular weight excluding hydrogens is 333 g/mol. The number of H-pyrrole nitrogens is 1. The van der Waals surface area contributed by atoms with Gasteiger partial charge in [-0.1, -0.05) is 25.5 Å². The molecule has 2 heterocycles. The van der Waals surface area contributed by atoms with E-state index >= 15 is 0 Å². The highest BCUT2D eigenvalue weighted by molar-refractivity contribution is 5.82. The molecule has 0 atom stereocenters. The second kappa shape index (κ2) is 6.95. The summed E-state index contributed by atoms with van der Waals surface area (Å²) < 4.78 is 19.8. The average Bonchev–Trinajstić information content (AvgIpc) is 3.31. The Morgan fingerprint density at radius 1 is 1.15 bits per heavy atom. The number of nitrogens with one attached hydrogen (secondary N) is 2. The van der Waals surface area contributed by atoms with Crippen molar-refractivity contribution in [3.8, 4) is 11.6 Å². The summed E-state index contributed by atoms with van der Waals surface area (Å²) >= 11 is 0. The standard InChI is InChI=1S/C19H18FN5O/c1-2-3-13-5-6-15(10-16(13)20)21-11-12-4-7-17-14(8-12)9-18(26-17)19-22-24-25-23-19/h4-10,21H,2-3,11H2,1H3,(H,22,23,24,25). The van der Waals surface area contributed by atoms with Crippen LogP contribution in [0.3, 0.4) is 0 Å². The van der Waals surface area contributed by atoms with Crippen molar-refractivity contribution < 1.29 is 8.81 Å². The zero-order valence-electron chi connectivity index (χ0n) is 14.3. The monoisotopic (exact) mass is 351 g/mol. The minimum atomic E-state index is -0.160. The zero-order chi connectivity index (χ0) is 17.9. The van der Waals surface area contributed by atoms with Crippen LogP contribution in [0.2, 0.25) is 0 Å². The van der Waals surface area contributed by atoms with Crippen LogP contribution in [0, 0.1) is 5.82 Å². The number of aromatic amines is 1. The molecule has 0 bridgehead atoms. The molecule has 0 aliphatic rings. The summed E-state index contributed by atoms with van der Waals surface area (Å²) in [5.74, 6) is 0.916. The van der Waals surface area contributed by atoms with Gasteiger partial charge in [-0.05, 0) is 58.3 Å². The van der Waals surface area contributed by atoms with Gasteiger partial charge in [0.1, 0.15) is 11.4 Å². The van der Waals surface area contributed by atoms with E-state index in [-0.39, 0.29) is 5.82 Å². The van der Waals surface area contributed by atoms with Crippen LogP contribution in [0.4, 0.5) is 10.1 Å². The molecule has 132 valence electrons. The summed E-state index contributed by atoms with van der Waals surface area (Å²) in [6.07, 6.45) is 1.69. The zero-order valence-corrected chi connectivity index (χ0v) is 14.3. The highest BCUT2D eigenvalue weighted by Gasteiger charge is 2.10. The van der Waals surface area contributed by atoms with Gasteiger partial charge in [0.15, 0.2) is 5.76 Å². The molecule has 0 spiro atoms. The maximum absolute atomic E-state index is 14.0. The lowest BCUT2D eigenvalue weighted by Crippen LogP contribution is -2.00. The van der Waals surface area contributed by atoms with Crippen LogP contribution in [0.15, 0.2) is 46.9 Å². The summed E-state index contributed by atoms with van der Waals surface area (Å²) in [5.41, 5.74) is 3.35. The summed E-state index contributed by atoms with van der Waals surface area (Å²) in [7, 11) is 0. The number of rotatable bonds is 6. The topological polar surface area (TPSA) is 79.6 Å². The minimum absolute atomic E-state index is 0.160. The SMILES string of the molecule is CCCc1ccc(NCc2ccc3oc(-c4nnn[nH]4)cc3c2)cc1F. The van der Waals surface area contributed by atoms with E-state index in [1.165, 1.54) is 0 Å². The molecule has 0 fully saturated rings. The maximum Gasteiger partial charge on any atom is 0.215 e. The Morgan fingerprint density at radius 2 is 2.08 bits per heavy atom. The van der Waals surface area contributed by atoms with Gasteiger partial charge in [0.05, 0.1) is 0 Å². The van der Waals surface area contributed by atoms with Crippen molar-refractivity contribution in [1.82, 2.24) is 20.6 Å². The number of fused-ring (bicyclic) bond motifs is 1. The molecule has 0 unspecified atom stereocenters. The first-order valence-corrected chi connectivity index (χ1v) is 8.52. The molecule has 4 rings (SSSR count). The van der Waals surface area contributed by atoms with Crippen molar-refractivity contribution in [3.63, 3.8) is 0 Å². The predicted molar refractivity (Wildman–Crippen MR) is 97.1 cm³/mol. The molecule has 2 aromatic heterocycles. The Bertz CT molecular complexity index is 1030. The van der Waals surface area contributed by atoms with Crippen LogP contribution < -0.4 is 5.32 Å². The summed E-state index contributed by atoms with van der Waals surface area (Å²) in [6, 6.07) is 13.1. The van der Waals surface area contributed by atoms with Gasteiger partial charge in [-0.15, -0.1) is 5.10 Å². The van der Waals surface area contributed by atoms with Gasteiger partial charge in [-0.2, -0.15) is 0 Å². The van der Waals surface area contributed by atoms with E-state index in [1.54, 1.807) is 6.07 Å². The molecular formula is C19H18FN5O. The Balaban J connectivity index is 1.50. The van der Waals surface area contributed by atoms with E-state index < -0.39 is 0 Å². The fraction of sp³-hybridized carbons (Fsp3) is 0.211. The number of halogens is 1. The second-order valence-corrected chi connectivity index (χ2v) is 6.14. The van der Waals surface area contributed by atoms with Gasteiger partial charge in [-0.25, -0.2) is 9.49 Å². The normalized spacial score (nSPS) is 11.2. The van der Waals surface area contributed by atoms with E-state index in [0.717, 1.165) is 40.6 Å².